The van der Waals surface area contributed by atoms with Crippen LogP contribution in [0.3, 0.4) is 0 Å². The average Bonchev–Trinajstić information content (AvgIpc) is 2.48. The van der Waals surface area contributed by atoms with E-state index in [4.69, 9.17) is 15.0 Å². The highest BCUT2D eigenvalue weighted by Crippen LogP contribution is 2.23. The molecule has 1 aliphatic rings. The number of allylic oxidation sites excluding steroid dienone is 1. The first-order valence-electron chi connectivity index (χ1n) is 7.87. The standard InChI is InChI=1S/C16H27N3O2/c1-5-9-19(10-6-2)14-12-15(20-7-3)13(18-17)11-16(14)21-8-4/h11-12,14H,5-10H2,1-4H3. The molecule has 0 N–H and O–H groups in total. The Kier molecular flexibility index (Phi) is 7.80. The van der Waals surface area contributed by atoms with Gasteiger partial charge in [0.2, 0.25) is 5.76 Å². The summed E-state index contributed by atoms with van der Waals surface area (Å²) in [6.45, 7) is 11.3. The van der Waals surface area contributed by atoms with Crippen LogP contribution in [0.15, 0.2) is 23.7 Å². The second kappa shape index (κ2) is 9.37. The predicted molar refractivity (Wildman–Crippen MR) is 84.0 cm³/mol. The van der Waals surface area contributed by atoms with E-state index < -0.39 is 0 Å². The van der Waals surface area contributed by atoms with Gasteiger partial charge in [-0.2, -0.15) is 4.79 Å². The minimum absolute atomic E-state index is 0.0388. The third-order valence-corrected chi connectivity index (χ3v) is 3.27. The Hall–Kier alpha value is -1.58. The molecule has 0 saturated heterocycles. The minimum Gasteiger partial charge on any atom is -0.496 e. The molecule has 1 rings (SSSR count). The van der Waals surface area contributed by atoms with Crippen molar-refractivity contribution >= 4 is 5.71 Å². The van der Waals surface area contributed by atoms with E-state index in [-0.39, 0.29) is 6.04 Å². The summed E-state index contributed by atoms with van der Waals surface area (Å²) >= 11 is 0. The third-order valence-electron chi connectivity index (χ3n) is 3.27. The molecule has 21 heavy (non-hydrogen) atoms. The molecule has 0 spiro atoms. The third kappa shape index (κ3) is 4.73. The lowest BCUT2D eigenvalue weighted by molar-refractivity contribution is -0.00892. The molecule has 0 radical (unpaired) electrons. The molecule has 5 nitrogen and oxygen atoms in total. The molecule has 0 saturated carbocycles. The van der Waals surface area contributed by atoms with Crippen molar-refractivity contribution in [3.63, 3.8) is 0 Å². The maximum absolute atomic E-state index is 9.16. The topological polar surface area (TPSA) is 58.1 Å². The van der Waals surface area contributed by atoms with Crippen LogP contribution in [0, 0.1) is 0 Å². The van der Waals surface area contributed by atoms with Crippen LogP contribution in [0.4, 0.5) is 0 Å². The summed E-state index contributed by atoms with van der Waals surface area (Å²) in [5, 5.41) is 0. The Morgan fingerprint density at radius 2 is 1.71 bits per heavy atom. The second-order valence-electron chi connectivity index (χ2n) is 4.91. The van der Waals surface area contributed by atoms with Crippen molar-refractivity contribution in [2.24, 2.45) is 0 Å². The van der Waals surface area contributed by atoms with Crippen LogP contribution < -0.4 is 0 Å². The molecule has 0 amide bonds. The molecule has 0 aromatic heterocycles. The van der Waals surface area contributed by atoms with Gasteiger partial charge in [0.15, 0.2) is 0 Å². The van der Waals surface area contributed by atoms with Gasteiger partial charge in [-0.1, -0.05) is 13.8 Å². The highest BCUT2D eigenvalue weighted by atomic mass is 16.5. The Balaban J connectivity index is 3.12. The van der Waals surface area contributed by atoms with E-state index in [1.54, 1.807) is 6.08 Å². The Bertz CT molecular complexity index is 431. The van der Waals surface area contributed by atoms with E-state index in [1.807, 2.05) is 19.9 Å². The summed E-state index contributed by atoms with van der Waals surface area (Å²) < 4.78 is 11.3. The first-order chi connectivity index (χ1) is 10.2. The lowest BCUT2D eigenvalue weighted by Crippen LogP contribution is -2.40. The van der Waals surface area contributed by atoms with Crippen molar-refractivity contribution in [3.05, 3.63) is 29.2 Å². The van der Waals surface area contributed by atoms with E-state index >= 15 is 0 Å². The number of hydrogen-bond acceptors (Lipinski definition) is 3. The van der Waals surface area contributed by atoms with Gasteiger partial charge in [0.25, 0.3) is 0 Å². The van der Waals surface area contributed by atoms with E-state index in [0.29, 0.717) is 24.7 Å². The summed E-state index contributed by atoms with van der Waals surface area (Å²) in [5.41, 5.74) is 9.58. The number of ether oxygens (including phenoxy) is 2. The van der Waals surface area contributed by atoms with Crippen molar-refractivity contribution in [3.8, 4) is 0 Å². The van der Waals surface area contributed by atoms with Gasteiger partial charge in [-0.05, 0) is 45.9 Å². The lowest BCUT2D eigenvalue weighted by Gasteiger charge is -2.32. The first-order valence-corrected chi connectivity index (χ1v) is 7.87. The molecule has 5 heteroatoms. The summed E-state index contributed by atoms with van der Waals surface area (Å²) in [6.07, 6.45) is 5.93. The smallest absolute Gasteiger partial charge is 0.359 e. The Labute approximate surface area is 127 Å². The van der Waals surface area contributed by atoms with E-state index in [9.17, 15) is 0 Å². The van der Waals surface area contributed by atoms with Gasteiger partial charge in [0.1, 0.15) is 5.76 Å². The van der Waals surface area contributed by atoms with Crippen LogP contribution >= 0.6 is 0 Å². The van der Waals surface area contributed by atoms with Gasteiger partial charge in [0.05, 0.1) is 25.3 Å². The zero-order valence-corrected chi connectivity index (χ0v) is 13.6. The van der Waals surface area contributed by atoms with Crippen LogP contribution in [-0.2, 0) is 9.47 Å². The van der Waals surface area contributed by atoms with E-state index in [0.717, 1.165) is 31.7 Å². The molecule has 1 aliphatic carbocycles. The largest absolute Gasteiger partial charge is 0.496 e. The zero-order chi connectivity index (χ0) is 15.7. The molecular formula is C16H27N3O2. The average molecular weight is 293 g/mol. The lowest BCUT2D eigenvalue weighted by atomic mass is 10.0. The van der Waals surface area contributed by atoms with Gasteiger partial charge in [0, 0.05) is 0 Å². The Morgan fingerprint density at radius 1 is 1.10 bits per heavy atom. The van der Waals surface area contributed by atoms with Crippen LogP contribution in [-0.4, -0.2) is 47.7 Å². The van der Waals surface area contributed by atoms with Crippen molar-refractivity contribution in [1.82, 2.24) is 4.90 Å². The van der Waals surface area contributed by atoms with Crippen LogP contribution in [0.1, 0.15) is 40.5 Å². The molecule has 1 unspecified atom stereocenters. The van der Waals surface area contributed by atoms with E-state index in [1.165, 1.54) is 0 Å². The first kappa shape index (κ1) is 17.5. The highest BCUT2D eigenvalue weighted by molar-refractivity contribution is 6.04. The van der Waals surface area contributed by atoms with Crippen molar-refractivity contribution < 1.29 is 14.3 Å². The number of rotatable bonds is 9. The van der Waals surface area contributed by atoms with E-state index in [2.05, 4.69) is 23.5 Å². The number of nitrogens with zero attached hydrogens (tertiary/aromatic N) is 3. The quantitative estimate of drug-likeness (QED) is 0.485. The molecule has 1 atom stereocenters. The summed E-state index contributed by atoms with van der Waals surface area (Å²) in [7, 11) is 0. The second-order valence-corrected chi connectivity index (χ2v) is 4.91. The molecular weight excluding hydrogens is 266 g/mol. The molecule has 0 aromatic rings. The fourth-order valence-electron chi connectivity index (χ4n) is 2.50. The van der Waals surface area contributed by atoms with Gasteiger partial charge in [-0.3, -0.25) is 4.90 Å². The molecule has 0 bridgehead atoms. The molecule has 118 valence electrons. The molecule has 0 heterocycles. The summed E-state index contributed by atoms with van der Waals surface area (Å²) in [4.78, 5) is 5.68. The van der Waals surface area contributed by atoms with Crippen molar-refractivity contribution in [2.75, 3.05) is 26.3 Å². The predicted octanol–water partition coefficient (Wildman–Crippen LogP) is 3.00. The molecule has 0 aliphatic heterocycles. The normalized spacial score (nSPS) is 18.1. The van der Waals surface area contributed by atoms with Crippen LogP contribution in [0.2, 0.25) is 0 Å². The van der Waals surface area contributed by atoms with Crippen LogP contribution in [0.25, 0.3) is 5.53 Å². The van der Waals surface area contributed by atoms with Crippen molar-refractivity contribution in [2.45, 2.75) is 46.6 Å². The van der Waals surface area contributed by atoms with Crippen LogP contribution in [0.5, 0.6) is 0 Å². The van der Waals surface area contributed by atoms with Crippen molar-refractivity contribution in [1.29, 1.82) is 0 Å². The highest BCUT2D eigenvalue weighted by Gasteiger charge is 2.31. The SMILES string of the molecule is CCCN(CCC)C1C=C(OCC)C(=[N+]=[N-])C=C1OCC. The zero-order valence-electron chi connectivity index (χ0n) is 13.6. The molecule has 0 fully saturated rings. The number of hydrogen-bond donors (Lipinski definition) is 0. The van der Waals surface area contributed by atoms with Gasteiger partial charge in [-0.25, -0.2) is 0 Å². The molecule has 0 aromatic carbocycles. The fourth-order valence-corrected chi connectivity index (χ4v) is 2.50. The summed E-state index contributed by atoms with van der Waals surface area (Å²) in [6, 6.07) is 0.0388. The monoisotopic (exact) mass is 293 g/mol. The fraction of sp³-hybridized carbons (Fsp3) is 0.688. The van der Waals surface area contributed by atoms with Gasteiger partial charge < -0.3 is 15.0 Å². The summed E-state index contributed by atoms with van der Waals surface area (Å²) in [5.74, 6) is 1.43. The Morgan fingerprint density at radius 3 is 2.19 bits per heavy atom. The van der Waals surface area contributed by atoms with Gasteiger partial charge >= 0.3 is 5.71 Å². The maximum Gasteiger partial charge on any atom is 0.359 e. The van der Waals surface area contributed by atoms with Gasteiger partial charge in [-0.15, -0.1) is 0 Å². The minimum atomic E-state index is 0.0388. The maximum atomic E-state index is 9.16.